The van der Waals surface area contributed by atoms with Gasteiger partial charge in [0, 0.05) is 18.5 Å². The van der Waals surface area contributed by atoms with Crippen LogP contribution in [0.15, 0.2) is 24.3 Å². The second kappa shape index (κ2) is 9.96. The van der Waals surface area contributed by atoms with E-state index < -0.39 is 0 Å². The highest BCUT2D eigenvalue weighted by Crippen LogP contribution is 2.22. The molecule has 2 fully saturated rings. The van der Waals surface area contributed by atoms with Gasteiger partial charge in [0.05, 0.1) is 6.61 Å². The summed E-state index contributed by atoms with van der Waals surface area (Å²) in [5.74, 6) is 1.44. The fraction of sp³-hybridized carbons (Fsp3) is 0.682. The van der Waals surface area contributed by atoms with E-state index in [1.807, 2.05) is 19.1 Å². The van der Waals surface area contributed by atoms with E-state index in [0.717, 1.165) is 38.2 Å². The van der Waals surface area contributed by atoms with Gasteiger partial charge in [0.2, 0.25) is 5.91 Å². The van der Waals surface area contributed by atoms with Gasteiger partial charge >= 0.3 is 0 Å². The summed E-state index contributed by atoms with van der Waals surface area (Å²) >= 11 is 0. The number of amides is 1. The predicted octanol–water partition coefficient (Wildman–Crippen LogP) is 4.14. The monoisotopic (exact) mass is 358 g/mol. The third kappa shape index (κ3) is 5.73. The first-order valence-corrected chi connectivity index (χ1v) is 10.5. The number of piperidine rings is 1. The zero-order valence-electron chi connectivity index (χ0n) is 16.2. The Labute approximate surface area is 158 Å². The van der Waals surface area contributed by atoms with Crippen molar-refractivity contribution in [1.29, 1.82) is 0 Å². The molecule has 0 atom stereocenters. The fourth-order valence-corrected chi connectivity index (χ4v) is 4.21. The van der Waals surface area contributed by atoms with Crippen LogP contribution in [0, 0.1) is 5.92 Å². The van der Waals surface area contributed by atoms with Crippen molar-refractivity contribution >= 4 is 5.91 Å². The molecular weight excluding hydrogens is 324 g/mol. The van der Waals surface area contributed by atoms with Crippen molar-refractivity contribution in [1.82, 2.24) is 10.2 Å². The number of ether oxygens (including phenoxy) is 1. The summed E-state index contributed by atoms with van der Waals surface area (Å²) in [6.07, 6.45) is 9.50. The lowest BCUT2D eigenvalue weighted by molar-refractivity contribution is -0.127. The van der Waals surface area contributed by atoms with E-state index >= 15 is 0 Å². The van der Waals surface area contributed by atoms with Gasteiger partial charge in [-0.15, -0.1) is 0 Å². The standard InChI is InChI=1S/C22H34N2O2/c1-2-26-21-11-9-18(10-12-21)17-24-15-13-19(14-16-24)22(25)23-20-7-5-3-4-6-8-20/h9-12,19-20H,2-8,13-17H2,1H3,(H,23,25). The molecular formula is C22H34N2O2. The van der Waals surface area contributed by atoms with Gasteiger partial charge in [-0.2, -0.15) is 0 Å². The van der Waals surface area contributed by atoms with Crippen molar-refractivity contribution in [2.24, 2.45) is 5.92 Å². The Kier molecular flexibility index (Phi) is 7.36. The molecule has 1 aromatic carbocycles. The molecule has 0 radical (unpaired) electrons. The van der Waals surface area contributed by atoms with Gasteiger partial charge in [0.1, 0.15) is 5.75 Å². The molecule has 144 valence electrons. The van der Waals surface area contributed by atoms with Crippen LogP contribution in [0.25, 0.3) is 0 Å². The molecule has 1 saturated carbocycles. The normalized spacial score (nSPS) is 20.5. The average molecular weight is 359 g/mol. The maximum Gasteiger partial charge on any atom is 0.223 e. The Morgan fingerprint density at radius 1 is 1.04 bits per heavy atom. The highest BCUT2D eigenvalue weighted by Gasteiger charge is 2.26. The summed E-state index contributed by atoms with van der Waals surface area (Å²) < 4.78 is 5.50. The molecule has 1 aliphatic carbocycles. The molecule has 1 aliphatic heterocycles. The first kappa shape index (κ1) is 19.2. The van der Waals surface area contributed by atoms with Crippen LogP contribution in [0.5, 0.6) is 5.75 Å². The molecule has 1 heterocycles. The second-order valence-corrected chi connectivity index (χ2v) is 7.82. The summed E-state index contributed by atoms with van der Waals surface area (Å²) in [5.41, 5.74) is 1.31. The molecule has 4 nitrogen and oxygen atoms in total. The Morgan fingerprint density at radius 3 is 2.31 bits per heavy atom. The molecule has 0 aromatic heterocycles. The Bertz CT molecular complexity index is 542. The van der Waals surface area contributed by atoms with Crippen molar-refractivity contribution in [2.45, 2.75) is 70.9 Å². The minimum absolute atomic E-state index is 0.204. The van der Waals surface area contributed by atoms with E-state index in [0.29, 0.717) is 18.6 Å². The van der Waals surface area contributed by atoms with E-state index in [-0.39, 0.29) is 5.92 Å². The van der Waals surface area contributed by atoms with Gasteiger partial charge in [-0.3, -0.25) is 9.69 Å². The van der Waals surface area contributed by atoms with Crippen LogP contribution in [0.3, 0.4) is 0 Å². The number of benzene rings is 1. The lowest BCUT2D eigenvalue weighted by Crippen LogP contribution is -2.43. The number of carbonyl (C=O) groups is 1. The van der Waals surface area contributed by atoms with Crippen LogP contribution in [-0.4, -0.2) is 36.5 Å². The van der Waals surface area contributed by atoms with Gasteiger partial charge in [-0.25, -0.2) is 0 Å². The third-order valence-electron chi connectivity index (χ3n) is 5.80. The third-order valence-corrected chi connectivity index (χ3v) is 5.80. The van der Waals surface area contributed by atoms with Crippen LogP contribution in [0.1, 0.15) is 63.9 Å². The fourth-order valence-electron chi connectivity index (χ4n) is 4.21. The minimum Gasteiger partial charge on any atom is -0.494 e. The Balaban J connectivity index is 1.41. The summed E-state index contributed by atoms with van der Waals surface area (Å²) in [6, 6.07) is 8.82. The van der Waals surface area contributed by atoms with Crippen molar-refractivity contribution in [3.8, 4) is 5.75 Å². The van der Waals surface area contributed by atoms with Crippen LogP contribution in [0.4, 0.5) is 0 Å². The number of carbonyl (C=O) groups excluding carboxylic acids is 1. The highest BCUT2D eigenvalue weighted by atomic mass is 16.5. The topological polar surface area (TPSA) is 41.6 Å². The molecule has 1 aromatic rings. The lowest BCUT2D eigenvalue weighted by atomic mass is 9.94. The molecule has 0 bridgehead atoms. The van der Waals surface area contributed by atoms with E-state index in [1.54, 1.807) is 0 Å². The molecule has 0 spiro atoms. The summed E-state index contributed by atoms with van der Waals surface area (Å²) in [6.45, 7) is 5.69. The average Bonchev–Trinajstić information content (AvgIpc) is 2.93. The minimum atomic E-state index is 0.204. The molecule has 1 saturated heterocycles. The van der Waals surface area contributed by atoms with Crippen molar-refractivity contribution < 1.29 is 9.53 Å². The highest BCUT2D eigenvalue weighted by molar-refractivity contribution is 5.79. The van der Waals surface area contributed by atoms with E-state index in [1.165, 1.54) is 44.1 Å². The van der Waals surface area contributed by atoms with E-state index in [2.05, 4.69) is 22.3 Å². The number of hydrogen-bond donors (Lipinski definition) is 1. The van der Waals surface area contributed by atoms with Gasteiger partial charge in [0.25, 0.3) is 0 Å². The number of nitrogens with zero attached hydrogens (tertiary/aromatic N) is 1. The maximum atomic E-state index is 12.6. The van der Waals surface area contributed by atoms with Crippen LogP contribution >= 0.6 is 0 Å². The molecule has 1 amide bonds. The van der Waals surface area contributed by atoms with E-state index in [4.69, 9.17) is 4.74 Å². The Hall–Kier alpha value is -1.55. The number of nitrogens with one attached hydrogen (secondary N) is 1. The molecule has 1 N–H and O–H groups in total. The molecule has 26 heavy (non-hydrogen) atoms. The van der Waals surface area contributed by atoms with Crippen LogP contribution in [0.2, 0.25) is 0 Å². The van der Waals surface area contributed by atoms with Gasteiger partial charge < -0.3 is 10.1 Å². The largest absolute Gasteiger partial charge is 0.494 e. The summed E-state index contributed by atoms with van der Waals surface area (Å²) in [4.78, 5) is 15.1. The number of rotatable bonds is 6. The SMILES string of the molecule is CCOc1ccc(CN2CCC(C(=O)NC3CCCCCC3)CC2)cc1. The van der Waals surface area contributed by atoms with Crippen LogP contribution < -0.4 is 10.1 Å². The van der Waals surface area contributed by atoms with E-state index in [9.17, 15) is 4.79 Å². The number of likely N-dealkylation sites (tertiary alicyclic amines) is 1. The smallest absolute Gasteiger partial charge is 0.223 e. The lowest BCUT2D eigenvalue weighted by Gasteiger charge is -2.32. The quantitative estimate of drug-likeness (QED) is 0.777. The number of hydrogen-bond acceptors (Lipinski definition) is 3. The first-order valence-electron chi connectivity index (χ1n) is 10.5. The zero-order valence-corrected chi connectivity index (χ0v) is 16.2. The second-order valence-electron chi connectivity index (χ2n) is 7.82. The molecule has 4 heteroatoms. The molecule has 2 aliphatic rings. The van der Waals surface area contributed by atoms with Crippen molar-refractivity contribution in [3.63, 3.8) is 0 Å². The zero-order chi connectivity index (χ0) is 18.2. The Morgan fingerprint density at radius 2 is 1.69 bits per heavy atom. The summed E-state index contributed by atoms with van der Waals surface area (Å²) in [5, 5.41) is 3.34. The predicted molar refractivity (Wildman–Crippen MR) is 105 cm³/mol. The maximum absolute atomic E-state index is 12.6. The summed E-state index contributed by atoms with van der Waals surface area (Å²) in [7, 11) is 0. The van der Waals surface area contributed by atoms with Gasteiger partial charge in [-0.05, 0) is 63.4 Å². The molecule has 3 rings (SSSR count). The van der Waals surface area contributed by atoms with Gasteiger partial charge in [0.15, 0.2) is 0 Å². The van der Waals surface area contributed by atoms with Crippen LogP contribution in [-0.2, 0) is 11.3 Å². The van der Waals surface area contributed by atoms with Crippen molar-refractivity contribution in [2.75, 3.05) is 19.7 Å². The first-order chi connectivity index (χ1) is 12.7. The molecule has 0 unspecified atom stereocenters. The van der Waals surface area contributed by atoms with Gasteiger partial charge in [-0.1, -0.05) is 37.8 Å². The van der Waals surface area contributed by atoms with Crippen molar-refractivity contribution in [3.05, 3.63) is 29.8 Å².